The van der Waals surface area contributed by atoms with Crippen molar-refractivity contribution in [3.63, 3.8) is 0 Å². The normalized spacial score (nSPS) is 10.6. The van der Waals surface area contributed by atoms with E-state index in [9.17, 15) is 0 Å². The monoisotopic (exact) mass is 280 g/mol. The van der Waals surface area contributed by atoms with Gasteiger partial charge in [0.1, 0.15) is 5.75 Å². The summed E-state index contributed by atoms with van der Waals surface area (Å²) in [6, 6.07) is 9.82. The highest BCUT2D eigenvalue weighted by Crippen LogP contribution is 2.21. The molecule has 1 aromatic carbocycles. The highest BCUT2D eigenvalue weighted by atomic mass is 16.5. The average Bonchev–Trinajstić information content (AvgIpc) is 2.86. The summed E-state index contributed by atoms with van der Waals surface area (Å²) >= 11 is 0. The quantitative estimate of drug-likeness (QED) is 0.740. The molecule has 0 saturated carbocycles. The van der Waals surface area contributed by atoms with Gasteiger partial charge in [0, 0.05) is 23.7 Å². The number of rotatable bonds is 3. The van der Waals surface area contributed by atoms with Crippen LogP contribution in [0.4, 0.5) is 0 Å². The Bertz CT molecular complexity index is 745. The molecule has 0 fully saturated rings. The van der Waals surface area contributed by atoms with Crippen molar-refractivity contribution in [3.05, 3.63) is 54.1 Å². The first-order valence-electron chi connectivity index (χ1n) is 6.67. The highest BCUT2D eigenvalue weighted by Gasteiger charge is 2.07. The molecule has 2 aromatic heterocycles. The Labute approximate surface area is 123 Å². The van der Waals surface area contributed by atoms with Gasteiger partial charge in [0.2, 0.25) is 0 Å². The second kappa shape index (κ2) is 5.36. The van der Waals surface area contributed by atoms with E-state index >= 15 is 0 Å². The first-order chi connectivity index (χ1) is 10.2. The van der Waals surface area contributed by atoms with Gasteiger partial charge in [-0.2, -0.15) is 5.10 Å². The lowest BCUT2D eigenvalue weighted by atomic mass is 10.1. The van der Waals surface area contributed by atoms with Crippen LogP contribution >= 0.6 is 0 Å². The number of ether oxygens (including phenoxy) is 1. The van der Waals surface area contributed by atoms with Crippen LogP contribution in [0.5, 0.6) is 5.75 Å². The zero-order valence-corrected chi connectivity index (χ0v) is 12.2. The molecule has 0 atom stereocenters. The van der Waals surface area contributed by atoms with E-state index in [1.807, 2.05) is 44.2 Å². The molecule has 0 saturated heterocycles. The molecular weight excluding hydrogens is 264 g/mol. The molecule has 21 heavy (non-hydrogen) atoms. The smallest absolute Gasteiger partial charge is 0.250 e. The third kappa shape index (κ3) is 2.63. The second-order valence-corrected chi connectivity index (χ2v) is 4.84. The van der Waals surface area contributed by atoms with Gasteiger partial charge in [0.05, 0.1) is 12.8 Å². The predicted molar refractivity (Wildman–Crippen MR) is 80.6 cm³/mol. The number of aryl methyl sites for hydroxylation is 2. The largest absolute Gasteiger partial charge is 0.497 e. The Morgan fingerprint density at radius 1 is 0.952 bits per heavy atom. The number of hydrogen-bond donors (Lipinski definition) is 0. The van der Waals surface area contributed by atoms with E-state index < -0.39 is 0 Å². The summed E-state index contributed by atoms with van der Waals surface area (Å²) < 4.78 is 6.90. The van der Waals surface area contributed by atoms with Crippen molar-refractivity contribution in [3.8, 4) is 22.8 Å². The average molecular weight is 280 g/mol. The van der Waals surface area contributed by atoms with Gasteiger partial charge in [0.15, 0.2) is 0 Å². The second-order valence-electron chi connectivity index (χ2n) is 4.84. The van der Waals surface area contributed by atoms with Crippen LogP contribution in [0.3, 0.4) is 0 Å². The van der Waals surface area contributed by atoms with Crippen molar-refractivity contribution >= 4 is 0 Å². The maximum Gasteiger partial charge on any atom is 0.250 e. The van der Waals surface area contributed by atoms with Crippen LogP contribution < -0.4 is 4.74 Å². The highest BCUT2D eigenvalue weighted by molar-refractivity contribution is 5.62. The third-order valence-electron chi connectivity index (χ3n) is 3.26. The summed E-state index contributed by atoms with van der Waals surface area (Å²) in [6.45, 7) is 3.94. The minimum atomic E-state index is 0.581. The lowest BCUT2D eigenvalue weighted by molar-refractivity contribution is 0.415. The molecule has 106 valence electrons. The fraction of sp³-hybridized carbons (Fsp3) is 0.188. The molecule has 0 unspecified atom stereocenters. The zero-order valence-electron chi connectivity index (χ0n) is 12.2. The van der Waals surface area contributed by atoms with Gasteiger partial charge >= 0.3 is 0 Å². The van der Waals surface area contributed by atoms with Gasteiger partial charge in [-0.1, -0.05) is 12.1 Å². The van der Waals surface area contributed by atoms with Crippen molar-refractivity contribution in [1.82, 2.24) is 19.7 Å². The van der Waals surface area contributed by atoms with Crippen LogP contribution in [0, 0.1) is 13.8 Å². The first kappa shape index (κ1) is 13.3. The van der Waals surface area contributed by atoms with Crippen LogP contribution in [-0.2, 0) is 0 Å². The maximum atomic E-state index is 5.15. The summed E-state index contributed by atoms with van der Waals surface area (Å²) in [7, 11) is 1.65. The van der Waals surface area contributed by atoms with Crippen LogP contribution in [0.15, 0.2) is 42.7 Å². The minimum Gasteiger partial charge on any atom is -0.497 e. The van der Waals surface area contributed by atoms with Crippen molar-refractivity contribution in [2.45, 2.75) is 13.8 Å². The molecule has 3 rings (SSSR count). The summed E-state index contributed by atoms with van der Waals surface area (Å²) in [5, 5.41) is 4.38. The molecule has 5 heteroatoms. The summed E-state index contributed by atoms with van der Waals surface area (Å²) in [4.78, 5) is 8.80. The van der Waals surface area contributed by atoms with Crippen LogP contribution in [0.2, 0.25) is 0 Å². The molecular formula is C16H16N4O. The van der Waals surface area contributed by atoms with Crippen LogP contribution in [0.25, 0.3) is 17.1 Å². The van der Waals surface area contributed by atoms with E-state index in [2.05, 4.69) is 15.1 Å². The lowest BCUT2D eigenvalue weighted by Gasteiger charge is -2.05. The van der Waals surface area contributed by atoms with Crippen molar-refractivity contribution < 1.29 is 4.74 Å². The number of aromatic nitrogens is 4. The summed E-state index contributed by atoms with van der Waals surface area (Å²) in [5.41, 5.74) is 3.98. The number of nitrogens with zero attached hydrogens (tertiary/aromatic N) is 4. The fourth-order valence-corrected chi connectivity index (χ4v) is 2.19. The van der Waals surface area contributed by atoms with Gasteiger partial charge in [-0.25, -0.2) is 14.6 Å². The molecule has 0 aliphatic rings. The molecule has 5 nitrogen and oxygen atoms in total. The maximum absolute atomic E-state index is 5.15. The summed E-state index contributed by atoms with van der Waals surface area (Å²) in [6.07, 6.45) is 3.61. The Kier molecular flexibility index (Phi) is 3.39. The lowest BCUT2D eigenvalue weighted by Crippen LogP contribution is -2.04. The van der Waals surface area contributed by atoms with Crippen molar-refractivity contribution in [1.29, 1.82) is 0 Å². The molecule has 0 aliphatic heterocycles. The molecule has 0 amide bonds. The van der Waals surface area contributed by atoms with Gasteiger partial charge in [-0.3, -0.25) is 0 Å². The van der Waals surface area contributed by atoms with Gasteiger partial charge < -0.3 is 4.74 Å². The fourth-order valence-electron chi connectivity index (χ4n) is 2.19. The Balaban J connectivity index is 1.91. The number of hydrogen-bond acceptors (Lipinski definition) is 4. The standard InChI is InChI=1S/C16H16N4O/c1-11-8-12(2)20(19-11)16-17-9-14(10-18-16)13-4-6-15(21-3)7-5-13/h4-10H,1-3H3. The van der Waals surface area contributed by atoms with E-state index in [0.29, 0.717) is 5.95 Å². The Morgan fingerprint density at radius 3 is 2.14 bits per heavy atom. The Hall–Kier alpha value is -2.69. The van der Waals surface area contributed by atoms with Gasteiger partial charge in [-0.05, 0) is 37.6 Å². The van der Waals surface area contributed by atoms with Crippen molar-refractivity contribution in [2.24, 2.45) is 0 Å². The molecule has 0 radical (unpaired) electrons. The SMILES string of the molecule is COc1ccc(-c2cnc(-n3nc(C)cc3C)nc2)cc1. The zero-order chi connectivity index (χ0) is 14.8. The van der Waals surface area contributed by atoms with Gasteiger partial charge in [0.25, 0.3) is 5.95 Å². The van der Waals surface area contributed by atoms with Crippen LogP contribution in [-0.4, -0.2) is 26.9 Å². The van der Waals surface area contributed by atoms with E-state index in [1.165, 1.54) is 0 Å². The van der Waals surface area contributed by atoms with Gasteiger partial charge in [-0.15, -0.1) is 0 Å². The topological polar surface area (TPSA) is 52.8 Å². The Morgan fingerprint density at radius 2 is 1.62 bits per heavy atom. The molecule has 3 aromatic rings. The molecule has 2 heterocycles. The summed E-state index contributed by atoms with van der Waals surface area (Å²) in [5.74, 6) is 1.41. The first-order valence-corrected chi connectivity index (χ1v) is 6.67. The van der Waals surface area contributed by atoms with E-state index in [-0.39, 0.29) is 0 Å². The molecule has 0 bridgehead atoms. The van der Waals surface area contributed by atoms with Crippen LogP contribution in [0.1, 0.15) is 11.4 Å². The van der Waals surface area contributed by atoms with E-state index in [4.69, 9.17) is 4.74 Å². The van der Waals surface area contributed by atoms with E-state index in [0.717, 1.165) is 28.3 Å². The molecule has 0 aliphatic carbocycles. The number of benzene rings is 1. The molecule has 0 spiro atoms. The third-order valence-corrected chi connectivity index (χ3v) is 3.26. The molecule has 0 N–H and O–H groups in total. The predicted octanol–water partition coefficient (Wildman–Crippen LogP) is 2.95. The minimum absolute atomic E-state index is 0.581. The van der Waals surface area contributed by atoms with Crippen molar-refractivity contribution in [2.75, 3.05) is 7.11 Å². The van der Waals surface area contributed by atoms with E-state index in [1.54, 1.807) is 24.2 Å². The number of methoxy groups -OCH3 is 1.